The molecule has 0 spiro atoms. The van der Waals surface area contributed by atoms with Crippen molar-refractivity contribution in [1.29, 1.82) is 0 Å². The fraction of sp³-hybridized carbons (Fsp3) is 0.533. The van der Waals surface area contributed by atoms with Gasteiger partial charge in [0.15, 0.2) is 0 Å². The molecule has 1 amide bonds. The molecule has 26 heavy (non-hydrogen) atoms. The minimum Gasteiger partial charge on any atom is -0.450 e. The number of halogens is 4. The fourth-order valence-electron chi connectivity index (χ4n) is 2.74. The summed E-state index contributed by atoms with van der Waals surface area (Å²) in [7, 11) is -5.72. The number of hydrogen-bond donors (Lipinski definition) is 1. The quantitative estimate of drug-likeness (QED) is 0.790. The molecule has 0 aliphatic carbocycles. The number of anilines is 1. The first-order valence-electron chi connectivity index (χ1n) is 7.85. The zero-order valence-electron chi connectivity index (χ0n) is 13.8. The molecule has 0 radical (unpaired) electrons. The molecule has 0 bridgehead atoms. The average molecular weight is 398 g/mol. The molecule has 146 valence electrons. The smallest absolute Gasteiger partial charge is 0.450 e. The Labute approximate surface area is 148 Å². The van der Waals surface area contributed by atoms with Gasteiger partial charge in [0.2, 0.25) is 0 Å². The van der Waals surface area contributed by atoms with E-state index in [0.29, 0.717) is 18.9 Å². The number of carbonyl (C=O) groups is 1. The number of ether oxygens (including phenoxy) is 1. The van der Waals surface area contributed by atoms with Gasteiger partial charge in [0.25, 0.3) is 9.84 Å². The lowest BCUT2D eigenvalue weighted by Gasteiger charge is -2.35. The normalized spacial score (nSPS) is 18.5. The molecular formula is C15H18F4N2O4S. The first-order chi connectivity index (χ1) is 12.1. The average Bonchev–Trinajstić information content (AvgIpc) is 2.54. The van der Waals surface area contributed by atoms with E-state index in [1.165, 1.54) is 4.90 Å². The van der Waals surface area contributed by atoms with Crippen LogP contribution in [0.3, 0.4) is 0 Å². The third-order valence-corrected chi connectivity index (χ3v) is 5.39. The number of hydrogen-bond acceptors (Lipinski definition) is 5. The summed E-state index contributed by atoms with van der Waals surface area (Å²) in [5.41, 5.74) is -5.80. The van der Waals surface area contributed by atoms with E-state index >= 15 is 0 Å². The molecule has 1 aliphatic heterocycles. The van der Waals surface area contributed by atoms with Gasteiger partial charge in [-0.2, -0.15) is 13.2 Å². The number of nitrogens with one attached hydrogen (secondary N) is 1. The van der Waals surface area contributed by atoms with Crippen LogP contribution in [0.15, 0.2) is 23.1 Å². The number of alkyl carbamates (subject to hydrolysis) is 1. The maximum atomic E-state index is 13.4. The molecule has 11 heteroatoms. The maximum Gasteiger partial charge on any atom is 0.501 e. The number of nitrogens with zero attached hydrogens (tertiary/aromatic N) is 1. The molecule has 1 aliphatic rings. The predicted octanol–water partition coefficient (Wildman–Crippen LogP) is 2.83. The first-order valence-corrected chi connectivity index (χ1v) is 9.33. The Morgan fingerprint density at radius 2 is 2.08 bits per heavy atom. The molecule has 1 fully saturated rings. The first kappa shape index (κ1) is 20.3. The SMILES string of the molecule is CCOC(=O)NC1CCCN(c2ccc(F)cc2S(=O)(=O)C(F)(F)F)C1. The van der Waals surface area contributed by atoms with Gasteiger partial charge in [0.05, 0.1) is 12.3 Å². The summed E-state index contributed by atoms with van der Waals surface area (Å²) < 4.78 is 80.6. The molecule has 1 N–H and O–H groups in total. The van der Waals surface area contributed by atoms with Crippen molar-refractivity contribution >= 4 is 21.6 Å². The van der Waals surface area contributed by atoms with Crippen LogP contribution in [0.2, 0.25) is 0 Å². The maximum absolute atomic E-state index is 13.4. The Morgan fingerprint density at radius 3 is 2.69 bits per heavy atom. The zero-order chi connectivity index (χ0) is 19.5. The minimum absolute atomic E-state index is 0.0742. The van der Waals surface area contributed by atoms with Crippen molar-refractivity contribution in [2.45, 2.75) is 36.2 Å². The molecule has 2 rings (SSSR count). The summed E-state index contributed by atoms with van der Waals surface area (Å²) in [4.78, 5) is 11.8. The van der Waals surface area contributed by atoms with Crippen LogP contribution in [0.5, 0.6) is 0 Å². The molecule has 1 heterocycles. The second kappa shape index (κ2) is 7.68. The van der Waals surface area contributed by atoms with E-state index in [-0.39, 0.29) is 25.4 Å². The number of rotatable bonds is 4. The van der Waals surface area contributed by atoms with Crippen LogP contribution in [0, 0.1) is 5.82 Å². The molecule has 0 saturated carbocycles. The van der Waals surface area contributed by atoms with Crippen LogP contribution in [0.4, 0.5) is 28.0 Å². The highest BCUT2D eigenvalue weighted by molar-refractivity contribution is 7.92. The highest BCUT2D eigenvalue weighted by Crippen LogP contribution is 2.37. The molecular weight excluding hydrogens is 380 g/mol. The predicted molar refractivity (Wildman–Crippen MR) is 85.0 cm³/mol. The fourth-order valence-corrected chi connectivity index (χ4v) is 3.73. The summed E-state index contributed by atoms with van der Waals surface area (Å²) in [6, 6.07) is 1.82. The molecule has 1 aromatic carbocycles. The Hall–Kier alpha value is -2.04. The third-order valence-electron chi connectivity index (χ3n) is 3.88. The summed E-state index contributed by atoms with van der Waals surface area (Å²) in [5.74, 6) is -1.09. The van der Waals surface area contributed by atoms with E-state index in [4.69, 9.17) is 4.74 Å². The standard InChI is InChI=1S/C15H18F4N2O4S/c1-2-25-14(22)20-11-4-3-7-21(9-11)12-6-5-10(16)8-13(12)26(23,24)15(17,18)19/h5-6,8,11H,2-4,7,9H2,1H3,(H,20,22). The second-order valence-corrected chi connectivity index (χ2v) is 7.62. The van der Waals surface area contributed by atoms with Gasteiger partial charge in [-0.15, -0.1) is 0 Å². The number of benzene rings is 1. The van der Waals surface area contributed by atoms with Gasteiger partial charge in [0, 0.05) is 19.1 Å². The molecule has 1 unspecified atom stereocenters. The van der Waals surface area contributed by atoms with Crippen LogP contribution < -0.4 is 10.2 Å². The third kappa shape index (κ3) is 4.37. The lowest BCUT2D eigenvalue weighted by Crippen LogP contribution is -2.48. The van der Waals surface area contributed by atoms with Gasteiger partial charge in [-0.05, 0) is 38.0 Å². The summed E-state index contributed by atoms with van der Waals surface area (Å²) >= 11 is 0. The Bertz CT molecular complexity index is 767. The largest absolute Gasteiger partial charge is 0.501 e. The number of alkyl halides is 3. The van der Waals surface area contributed by atoms with Crippen molar-refractivity contribution in [2.24, 2.45) is 0 Å². The van der Waals surface area contributed by atoms with Crippen molar-refractivity contribution in [1.82, 2.24) is 5.32 Å². The summed E-state index contributed by atoms with van der Waals surface area (Å²) in [5, 5.41) is 2.57. The summed E-state index contributed by atoms with van der Waals surface area (Å²) in [6.07, 6.45) is 0.388. The van der Waals surface area contributed by atoms with Gasteiger partial charge in [-0.3, -0.25) is 0 Å². The summed E-state index contributed by atoms with van der Waals surface area (Å²) in [6.45, 7) is 2.13. The van der Waals surface area contributed by atoms with Crippen LogP contribution >= 0.6 is 0 Å². The van der Waals surface area contributed by atoms with Crippen LogP contribution in [-0.2, 0) is 14.6 Å². The lowest BCUT2D eigenvalue weighted by atomic mass is 10.1. The molecule has 0 aromatic heterocycles. The Balaban J connectivity index is 2.32. The van der Waals surface area contributed by atoms with E-state index in [2.05, 4.69) is 5.32 Å². The van der Waals surface area contributed by atoms with Crippen molar-refractivity contribution in [2.75, 3.05) is 24.6 Å². The number of piperidine rings is 1. The lowest BCUT2D eigenvalue weighted by molar-refractivity contribution is -0.0435. The van der Waals surface area contributed by atoms with Gasteiger partial charge < -0.3 is 15.0 Å². The highest BCUT2D eigenvalue weighted by atomic mass is 32.2. The topological polar surface area (TPSA) is 75.7 Å². The van der Waals surface area contributed by atoms with Crippen molar-refractivity contribution < 1.29 is 35.5 Å². The van der Waals surface area contributed by atoms with Crippen molar-refractivity contribution in [3.63, 3.8) is 0 Å². The van der Waals surface area contributed by atoms with Crippen molar-refractivity contribution in [3.8, 4) is 0 Å². The van der Waals surface area contributed by atoms with E-state index < -0.39 is 38.2 Å². The molecule has 1 atom stereocenters. The molecule has 6 nitrogen and oxygen atoms in total. The molecule has 1 saturated heterocycles. The van der Waals surface area contributed by atoms with Gasteiger partial charge in [0.1, 0.15) is 10.7 Å². The highest BCUT2D eigenvalue weighted by Gasteiger charge is 2.48. The van der Waals surface area contributed by atoms with Gasteiger partial charge in [-0.1, -0.05) is 0 Å². The van der Waals surface area contributed by atoms with Crippen molar-refractivity contribution in [3.05, 3.63) is 24.0 Å². The van der Waals surface area contributed by atoms with Gasteiger partial charge >= 0.3 is 11.6 Å². The second-order valence-electron chi connectivity index (χ2n) is 5.71. The Kier molecular flexibility index (Phi) is 5.99. The number of carbonyl (C=O) groups excluding carboxylic acids is 1. The van der Waals surface area contributed by atoms with E-state index in [9.17, 15) is 30.8 Å². The van der Waals surface area contributed by atoms with E-state index in [1.807, 2.05) is 0 Å². The number of sulfone groups is 1. The Morgan fingerprint density at radius 1 is 1.38 bits per heavy atom. The monoisotopic (exact) mass is 398 g/mol. The van der Waals surface area contributed by atoms with E-state index in [0.717, 1.165) is 12.1 Å². The molecule has 1 aromatic rings. The minimum atomic E-state index is -5.72. The number of amides is 1. The van der Waals surface area contributed by atoms with Crippen LogP contribution in [0.25, 0.3) is 0 Å². The van der Waals surface area contributed by atoms with Gasteiger partial charge in [-0.25, -0.2) is 17.6 Å². The van der Waals surface area contributed by atoms with Crippen LogP contribution in [0.1, 0.15) is 19.8 Å². The van der Waals surface area contributed by atoms with E-state index in [1.54, 1.807) is 6.92 Å². The zero-order valence-corrected chi connectivity index (χ0v) is 14.7. The van der Waals surface area contributed by atoms with Crippen LogP contribution in [-0.4, -0.2) is 45.8 Å².